The minimum Gasteiger partial charge on any atom is -0.443 e. The summed E-state index contributed by atoms with van der Waals surface area (Å²) >= 11 is 0. The minimum atomic E-state index is -0.900. The number of ether oxygens (including phenoxy) is 1. The molecule has 0 saturated carbocycles. The Morgan fingerprint density at radius 3 is 2.54 bits per heavy atom. The molecule has 6 heteroatoms. The van der Waals surface area contributed by atoms with Gasteiger partial charge in [0.15, 0.2) is 0 Å². The van der Waals surface area contributed by atoms with Crippen LogP contribution >= 0.6 is 0 Å². The third-order valence-corrected chi connectivity index (χ3v) is 3.92. The number of carbonyl (C=O) groups excluding carboxylic acids is 1. The standard InChI is InChI=1S/C18H24N2O4/c1-12-7-6-8-14(11-12)16-15(20(22)23)10-9-13(2)19(16)17(21)24-18(3,4)5/h6-9,11,15-16H,10H2,1-5H3/t15-,16+/m1/s1. The van der Waals surface area contributed by atoms with E-state index in [0.717, 1.165) is 11.1 Å². The lowest BCUT2D eigenvalue weighted by atomic mass is 9.91. The molecule has 0 unspecified atom stereocenters. The molecule has 2 atom stereocenters. The Morgan fingerprint density at radius 1 is 1.33 bits per heavy atom. The molecule has 1 aliphatic rings. The van der Waals surface area contributed by atoms with Crippen molar-refractivity contribution in [1.82, 2.24) is 4.90 Å². The Balaban J connectivity index is 2.50. The molecular weight excluding hydrogens is 308 g/mol. The number of nitro groups is 1. The fourth-order valence-corrected chi connectivity index (χ4v) is 2.91. The molecule has 1 amide bonds. The van der Waals surface area contributed by atoms with Gasteiger partial charge in [0.25, 0.3) is 0 Å². The highest BCUT2D eigenvalue weighted by molar-refractivity contribution is 5.71. The van der Waals surface area contributed by atoms with Gasteiger partial charge in [-0.3, -0.25) is 15.0 Å². The van der Waals surface area contributed by atoms with Gasteiger partial charge in [-0.2, -0.15) is 0 Å². The van der Waals surface area contributed by atoms with Crippen molar-refractivity contribution in [2.75, 3.05) is 0 Å². The normalized spacial score (nSPS) is 21.2. The fourth-order valence-electron chi connectivity index (χ4n) is 2.91. The number of nitrogens with zero attached hydrogens (tertiary/aromatic N) is 2. The van der Waals surface area contributed by atoms with E-state index in [2.05, 4.69) is 0 Å². The van der Waals surface area contributed by atoms with Crippen LogP contribution in [0.5, 0.6) is 0 Å². The van der Waals surface area contributed by atoms with Crippen molar-refractivity contribution < 1.29 is 14.5 Å². The molecule has 1 aromatic carbocycles. The van der Waals surface area contributed by atoms with E-state index in [1.165, 1.54) is 4.90 Å². The second-order valence-corrected chi connectivity index (χ2v) is 7.14. The van der Waals surface area contributed by atoms with E-state index in [1.807, 2.05) is 31.2 Å². The Labute approximate surface area is 142 Å². The first-order valence-electron chi connectivity index (χ1n) is 7.99. The third-order valence-electron chi connectivity index (χ3n) is 3.92. The number of allylic oxidation sites excluding steroid dienone is 1. The first kappa shape index (κ1) is 18.0. The molecule has 1 aromatic rings. The molecule has 0 N–H and O–H groups in total. The summed E-state index contributed by atoms with van der Waals surface area (Å²) in [5, 5.41) is 11.6. The molecule has 0 fully saturated rings. The number of hydrogen-bond donors (Lipinski definition) is 0. The Kier molecular flexibility index (Phi) is 4.96. The smallest absolute Gasteiger partial charge is 0.415 e. The van der Waals surface area contributed by atoms with Crippen LogP contribution in [0.15, 0.2) is 36.0 Å². The SMILES string of the molecule is CC1=CC[C@@H]([N+](=O)[O-])[C@H](c2cccc(C)c2)N1C(=O)OC(C)(C)C. The van der Waals surface area contributed by atoms with E-state index < -0.39 is 23.8 Å². The zero-order chi connectivity index (χ0) is 18.1. The van der Waals surface area contributed by atoms with E-state index in [0.29, 0.717) is 5.70 Å². The maximum atomic E-state index is 12.7. The number of aryl methyl sites for hydroxylation is 1. The fraction of sp³-hybridized carbons (Fsp3) is 0.500. The minimum absolute atomic E-state index is 0.288. The third kappa shape index (κ3) is 3.93. The van der Waals surface area contributed by atoms with Crippen LogP contribution in [-0.4, -0.2) is 27.6 Å². The molecule has 130 valence electrons. The molecule has 0 bridgehead atoms. The topological polar surface area (TPSA) is 72.7 Å². The van der Waals surface area contributed by atoms with Gasteiger partial charge >= 0.3 is 6.09 Å². The number of benzene rings is 1. The number of hydrogen-bond acceptors (Lipinski definition) is 4. The van der Waals surface area contributed by atoms with Crippen LogP contribution in [0.3, 0.4) is 0 Å². The van der Waals surface area contributed by atoms with E-state index in [9.17, 15) is 14.9 Å². The molecular formula is C18H24N2O4. The highest BCUT2D eigenvalue weighted by atomic mass is 16.6. The van der Waals surface area contributed by atoms with Gasteiger partial charge in [0.1, 0.15) is 11.6 Å². The lowest BCUT2D eigenvalue weighted by molar-refractivity contribution is -0.530. The monoisotopic (exact) mass is 332 g/mol. The van der Waals surface area contributed by atoms with E-state index >= 15 is 0 Å². The summed E-state index contributed by atoms with van der Waals surface area (Å²) < 4.78 is 5.48. The summed E-state index contributed by atoms with van der Waals surface area (Å²) in [6, 6.07) is 5.90. The Morgan fingerprint density at radius 2 is 2.00 bits per heavy atom. The molecule has 1 aliphatic heterocycles. The van der Waals surface area contributed by atoms with Crippen LogP contribution < -0.4 is 0 Å². The van der Waals surface area contributed by atoms with Crippen LogP contribution in [0, 0.1) is 17.0 Å². The zero-order valence-corrected chi connectivity index (χ0v) is 14.8. The summed E-state index contributed by atoms with van der Waals surface area (Å²) in [6.07, 6.45) is 1.45. The van der Waals surface area contributed by atoms with Crippen LogP contribution in [0.1, 0.15) is 51.3 Å². The maximum Gasteiger partial charge on any atom is 0.415 e. The van der Waals surface area contributed by atoms with Gasteiger partial charge in [-0.25, -0.2) is 4.79 Å². The molecule has 0 spiro atoms. The lowest BCUT2D eigenvalue weighted by Crippen LogP contribution is -2.46. The van der Waals surface area contributed by atoms with Gasteiger partial charge in [-0.1, -0.05) is 35.9 Å². The van der Waals surface area contributed by atoms with Crippen molar-refractivity contribution in [2.24, 2.45) is 0 Å². The summed E-state index contributed by atoms with van der Waals surface area (Å²) in [7, 11) is 0. The number of amides is 1. The van der Waals surface area contributed by atoms with Crippen LogP contribution in [0.4, 0.5) is 4.79 Å². The second kappa shape index (κ2) is 6.63. The highest BCUT2D eigenvalue weighted by Gasteiger charge is 2.44. The van der Waals surface area contributed by atoms with E-state index in [1.54, 1.807) is 33.8 Å². The second-order valence-electron chi connectivity index (χ2n) is 7.14. The molecule has 6 nitrogen and oxygen atoms in total. The van der Waals surface area contributed by atoms with Gasteiger partial charge in [0.2, 0.25) is 6.04 Å². The van der Waals surface area contributed by atoms with Gasteiger partial charge in [0.05, 0.1) is 0 Å². The predicted octanol–water partition coefficient (Wildman–Crippen LogP) is 4.23. The summed E-state index contributed by atoms with van der Waals surface area (Å²) in [5.74, 6) is 0. The summed E-state index contributed by atoms with van der Waals surface area (Å²) in [6.45, 7) is 9.04. The molecule has 0 aromatic heterocycles. The molecule has 0 aliphatic carbocycles. The van der Waals surface area contributed by atoms with Crippen molar-refractivity contribution in [3.05, 3.63) is 57.3 Å². The first-order valence-corrected chi connectivity index (χ1v) is 7.99. The molecule has 2 rings (SSSR count). The largest absolute Gasteiger partial charge is 0.443 e. The van der Waals surface area contributed by atoms with Gasteiger partial charge in [-0.05, 0) is 40.2 Å². The van der Waals surface area contributed by atoms with E-state index in [4.69, 9.17) is 4.74 Å². The lowest BCUT2D eigenvalue weighted by Gasteiger charge is -2.37. The molecule has 1 heterocycles. The van der Waals surface area contributed by atoms with Crippen molar-refractivity contribution >= 4 is 6.09 Å². The Hall–Kier alpha value is -2.37. The predicted molar refractivity (Wildman–Crippen MR) is 91.1 cm³/mol. The number of carbonyl (C=O) groups is 1. The van der Waals surface area contributed by atoms with Crippen molar-refractivity contribution in [3.63, 3.8) is 0 Å². The first-order chi connectivity index (χ1) is 11.1. The van der Waals surface area contributed by atoms with Gasteiger partial charge < -0.3 is 4.74 Å². The van der Waals surface area contributed by atoms with Crippen LogP contribution in [0.2, 0.25) is 0 Å². The number of rotatable bonds is 2. The quantitative estimate of drug-likeness (QED) is 0.600. The summed E-state index contributed by atoms with van der Waals surface area (Å²) in [5.41, 5.74) is 1.74. The van der Waals surface area contributed by atoms with Crippen molar-refractivity contribution in [2.45, 2.75) is 58.7 Å². The average molecular weight is 332 g/mol. The average Bonchev–Trinajstić information content (AvgIpc) is 2.44. The van der Waals surface area contributed by atoms with Crippen LogP contribution in [-0.2, 0) is 4.74 Å². The molecule has 0 saturated heterocycles. The van der Waals surface area contributed by atoms with Crippen molar-refractivity contribution in [1.29, 1.82) is 0 Å². The molecule has 0 radical (unpaired) electrons. The van der Waals surface area contributed by atoms with Gasteiger partial charge in [-0.15, -0.1) is 0 Å². The highest BCUT2D eigenvalue weighted by Crippen LogP contribution is 2.36. The zero-order valence-electron chi connectivity index (χ0n) is 14.8. The van der Waals surface area contributed by atoms with Gasteiger partial charge in [0, 0.05) is 17.0 Å². The van der Waals surface area contributed by atoms with Crippen molar-refractivity contribution in [3.8, 4) is 0 Å². The van der Waals surface area contributed by atoms with Crippen LogP contribution in [0.25, 0.3) is 0 Å². The molecule has 24 heavy (non-hydrogen) atoms. The summed E-state index contributed by atoms with van der Waals surface area (Å²) in [4.78, 5) is 25.4. The Bertz CT molecular complexity index is 676. The van der Waals surface area contributed by atoms with E-state index in [-0.39, 0.29) is 11.3 Å². The maximum absolute atomic E-state index is 12.7.